The molecule has 0 aliphatic heterocycles. The summed E-state index contributed by atoms with van der Waals surface area (Å²) in [7, 11) is 0. The van der Waals surface area contributed by atoms with Gasteiger partial charge < -0.3 is 5.32 Å². The Bertz CT molecular complexity index is 410. The van der Waals surface area contributed by atoms with Crippen LogP contribution in [0, 0.1) is 11.8 Å². The van der Waals surface area contributed by atoms with Gasteiger partial charge in [-0.15, -0.1) is 0 Å². The van der Waals surface area contributed by atoms with E-state index in [0.29, 0.717) is 6.04 Å². The minimum atomic E-state index is 0.612. The Hall–Kier alpha value is -0.530. The number of nitrogens with one attached hydrogen (secondary N) is 1. The third-order valence-electron chi connectivity index (χ3n) is 5.04. The van der Waals surface area contributed by atoms with E-state index in [0.717, 1.165) is 29.8 Å². The molecule has 21 heavy (non-hydrogen) atoms. The van der Waals surface area contributed by atoms with Crippen molar-refractivity contribution in [3.8, 4) is 0 Å². The molecule has 118 valence electrons. The van der Waals surface area contributed by atoms with E-state index >= 15 is 0 Å². The molecular formula is C19H30ClN. The van der Waals surface area contributed by atoms with E-state index in [4.69, 9.17) is 11.6 Å². The van der Waals surface area contributed by atoms with Crippen LogP contribution in [0.1, 0.15) is 57.9 Å². The number of hydrogen-bond acceptors (Lipinski definition) is 1. The zero-order chi connectivity index (χ0) is 15.1. The number of benzene rings is 1. The molecule has 1 fully saturated rings. The van der Waals surface area contributed by atoms with Gasteiger partial charge in [-0.25, -0.2) is 0 Å². The lowest BCUT2D eigenvalue weighted by Crippen LogP contribution is -2.40. The monoisotopic (exact) mass is 307 g/mol. The molecule has 0 radical (unpaired) electrons. The van der Waals surface area contributed by atoms with Crippen LogP contribution in [0.4, 0.5) is 0 Å². The number of rotatable bonds is 7. The van der Waals surface area contributed by atoms with Gasteiger partial charge in [-0.2, -0.15) is 0 Å². The van der Waals surface area contributed by atoms with Crippen molar-refractivity contribution in [3.63, 3.8) is 0 Å². The Morgan fingerprint density at radius 2 is 1.95 bits per heavy atom. The second-order valence-corrected chi connectivity index (χ2v) is 7.02. The fourth-order valence-corrected chi connectivity index (χ4v) is 3.86. The molecule has 1 saturated carbocycles. The van der Waals surface area contributed by atoms with Crippen LogP contribution in [0.2, 0.25) is 5.02 Å². The molecule has 0 saturated heterocycles. The third-order valence-corrected chi connectivity index (χ3v) is 5.27. The molecule has 0 aromatic heterocycles. The molecule has 0 heterocycles. The average molecular weight is 308 g/mol. The molecule has 2 heteroatoms. The maximum atomic E-state index is 6.14. The van der Waals surface area contributed by atoms with Gasteiger partial charge in [-0.1, -0.05) is 56.8 Å². The first-order chi connectivity index (χ1) is 10.2. The fourth-order valence-electron chi connectivity index (χ4n) is 3.65. The van der Waals surface area contributed by atoms with Crippen LogP contribution in [-0.4, -0.2) is 12.6 Å². The minimum absolute atomic E-state index is 0.612. The molecule has 1 aromatic carbocycles. The molecule has 1 unspecified atom stereocenters. The van der Waals surface area contributed by atoms with Gasteiger partial charge in [-0.3, -0.25) is 0 Å². The maximum Gasteiger partial charge on any atom is 0.0408 e. The van der Waals surface area contributed by atoms with E-state index < -0.39 is 0 Å². The lowest BCUT2D eigenvalue weighted by molar-refractivity contribution is 0.216. The summed E-state index contributed by atoms with van der Waals surface area (Å²) >= 11 is 6.14. The van der Waals surface area contributed by atoms with E-state index in [1.54, 1.807) is 0 Å². The summed E-state index contributed by atoms with van der Waals surface area (Å²) in [5.41, 5.74) is 1.37. The predicted molar refractivity (Wildman–Crippen MR) is 93.0 cm³/mol. The van der Waals surface area contributed by atoms with Crippen LogP contribution < -0.4 is 5.32 Å². The lowest BCUT2D eigenvalue weighted by atomic mass is 9.76. The Labute approximate surface area is 135 Å². The van der Waals surface area contributed by atoms with E-state index in [-0.39, 0.29) is 0 Å². The quantitative estimate of drug-likeness (QED) is 0.704. The van der Waals surface area contributed by atoms with Gasteiger partial charge in [-0.05, 0) is 61.8 Å². The zero-order valence-corrected chi connectivity index (χ0v) is 14.3. The zero-order valence-electron chi connectivity index (χ0n) is 13.6. The van der Waals surface area contributed by atoms with Gasteiger partial charge >= 0.3 is 0 Å². The molecule has 1 nitrogen and oxygen atoms in total. The van der Waals surface area contributed by atoms with E-state index in [1.165, 1.54) is 44.1 Å². The summed E-state index contributed by atoms with van der Waals surface area (Å²) in [6.07, 6.45) is 9.29. The van der Waals surface area contributed by atoms with Crippen LogP contribution in [-0.2, 0) is 6.42 Å². The minimum Gasteiger partial charge on any atom is -0.313 e. The van der Waals surface area contributed by atoms with Gasteiger partial charge in [0, 0.05) is 11.1 Å². The molecule has 1 aliphatic rings. The van der Waals surface area contributed by atoms with Crippen LogP contribution >= 0.6 is 11.6 Å². The topological polar surface area (TPSA) is 12.0 Å². The normalized spacial score (nSPS) is 24.0. The van der Waals surface area contributed by atoms with Gasteiger partial charge in [0.2, 0.25) is 0 Å². The largest absolute Gasteiger partial charge is 0.313 e. The van der Waals surface area contributed by atoms with Gasteiger partial charge in [0.15, 0.2) is 0 Å². The van der Waals surface area contributed by atoms with Crippen molar-refractivity contribution in [1.29, 1.82) is 0 Å². The maximum absolute atomic E-state index is 6.14. The molecule has 1 N–H and O–H groups in total. The van der Waals surface area contributed by atoms with Crippen LogP contribution in [0.5, 0.6) is 0 Å². The highest BCUT2D eigenvalue weighted by atomic mass is 35.5. The van der Waals surface area contributed by atoms with Crippen LogP contribution in [0.25, 0.3) is 0 Å². The summed E-state index contributed by atoms with van der Waals surface area (Å²) in [5.74, 6) is 1.80. The van der Waals surface area contributed by atoms with Crippen molar-refractivity contribution in [2.75, 3.05) is 6.54 Å². The van der Waals surface area contributed by atoms with Crippen LogP contribution in [0.15, 0.2) is 24.3 Å². The molecule has 1 aromatic rings. The number of hydrogen-bond donors (Lipinski definition) is 1. The fraction of sp³-hybridized carbons (Fsp3) is 0.684. The number of halogens is 1. The Kier molecular flexibility index (Phi) is 7.06. The first-order valence-corrected chi connectivity index (χ1v) is 9.08. The molecule has 1 atom stereocenters. The SMILES string of the molecule is CCCNC(Cc1cccc(Cl)c1)C1CCC(CC)CC1. The van der Waals surface area contributed by atoms with Gasteiger partial charge in [0.05, 0.1) is 0 Å². The van der Waals surface area contributed by atoms with Crippen molar-refractivity contribution in [2.45, 2.75) is 64.8 Å². The van der Waals surface area contributed by atoms with Crippen molar-refractivity contribution < 1.29 is 0 Å². The molecule has 2 rings (SSSR count). The Balaban J connectivity index is 1.97. The smallest absolute Gasteiger partial charge is 0.0408 e. The molecule has 1 aliphatic carbocycles. The summed E-state index contributed by atoms with van der Waals surface area (Å²) < 4.78 is 0. The second kappa shape index (κ2) is 8.80. The van der Waals surface area contributed by atoms with Crippen LogP contribution in [0.3, 0.4) is 0 Å². The standard InChI is InChI=1S/C19H30ClN/c1-3-12-21-19(14-16-6-5-7-18(20)13-16)17-10-8-15(4-2)9-11-17/h5-7,13,15,17,19,21H,3-4,8-12,14H2,1-2H3. The highest BCUT2D eigenvalue weighted by Crippen LogP contribution is 2.33. The van der Waals surface area contributed by atoms with Crippen molar-refractivity contribution >= 4 is 11.6 Å². The molecule has 0 amide bonds. The second-order valence-electron chi connectivity index (χ2n) is 6.58. The molecule has 0 bridgehead atoms. The first kappa shape index (κ1) is 16.8. The van der Waals surface area contributed by atoms with Crippen molar-refractivity contribution in [1.82, 2.24) is 5.32 Å². The first-order valence-electron chi connectivity index (χ1n) is 8.70. The summed E-state index contributed by atoms with van der Waals surface area (Å²) in [6.45, 7) is 5.71. The molecule has 0 spiro atoms. The van der Waals surface area contributed by atoms with Crippen molar-refractivity contribution in [2.24, 2.45) is 11.8 Å². The van der Waals surface area contributed by atoms with E-state index in [1.807, 2.05) is 6.07 Å². The predicted octanol–water partition coefficient (Wildman–Crippen LogP) is 5.47. The lowest BCUT2D eigenvalue weighted by Gasteiger charge is -2.34. The Morgan fingerprint density at radius 1 is 1.19 bits per heavy atom. The van der Waals surface area contributed by atoms with Gasteiger partial charge in [0.1, 0.15) is 0 Å². The average Bonchev–Trinajstić information content (AvgIpc) is 2.51. The highest BCUT2D eigenvalue weighted by molar-refractivity contribution is 6.30. The van der Waals surface area contributed by atoms with Crippen molar-refractivity contribution in [3.05, 3.63) is 34.9 Å². The Morgan fingerprint density at radius 3 is 2.57 bits per heavy atom. The highest BCUT2D eigenvalue weighted by Gasteiger charge is 2.26. The summed E-state index contributed by atoms with van der Waals surface area (Å²) in [6, 6.07) is 8.99. The van der Waals surface area contributed by atoms with Gasteiger partial charge in [0.25, 0.3) is 0 Å². The third kappa shape index (κ3) is 5.30. The summed E-state index contributed by atoms with van der Waals surface area (Å²) in [4.78, 5) is 0. The molecular weight excluding hydrogens is 278 g/mol. The van der Waals surface area contributed by atoms with E-state index in [9.17, 15) is 0 Å². The summed E-state index contributed by atoms with van der Waals surface area (Å²) in [5, 5.41) is 4.65. The van der Waals surface area contributed by atoms with E-state index in [2.05, 4.69) is 37.4 Å².